The largest absolute Gasteiger partial charge is 0.481 e. The Hall–Kier alpha value is -2.62. The van der Waals surface area contributed by atoms with E-state index in [4.69, 9.17) is 4.74 Å². The molecule has 1 aliphatic carbocycles. The molecule has 0 bridgehead atoms. The predicted octanol–water partition coefficient (Wildman–Crippen LogP) is 4.47. The third-order valence-electron chi connectivity index (χ3n) is 4.85. The lowest BCUT2D eigenvalue weighted by molar-refractivity contribution is -0.170. The summed E-state index contributed by atoms with van der Waals surface area (Å²) in [6, 6.07) is 14.4. The van der Waals surface area contributed by atoms with Crippen molar-refractivity contribution in [2.24, 2.45) is 17.8 Å². The quantitative estimate of drug-likeness (QED) is 0.614. The molecule has 4 heteroatoms. The second-order valence-corrected chi connectivity index (χ2v) is 6.52. The number of carboxylic acids is 1. The highest BCUT2D eigenvalue weighted by Gasteiger charge is 2.50. The van der Waals surface area contributed by atoms with E-state index in [-0.39, 0.29) is 11.9 Å². The van der Waals surface area contributed by atoms with Gasteiger partial charge in [0.2, 0.25) is 0 Å². The summed E-state index contributed by atoms with van der Waals surface area (Å²) in [6.07, 6.45) is 1.99. The second-order valence-electron chi connectivity index (χ2n) is 6.52. The van der Waals surface area contributed by atoms with E-state index in [1.54, 1.807) is 0 Å². The van der Waals surface area contributed by atoms with E-state index < -0.39 is 17.8 Å². The molecule has 1 fully saturated rings. The summed E-state index contributed by atoms with van der Waals surface area (Å²) in [7, 11) is 0. The van der Waals surface area contributed by atoms with Gasteiger partial charge in [-0.2, -0.15) is 0 Å². The van der Waals surface area contributed by atoms with Crippen LogP contribution in [0.2, 0.25) is 0 Å². The van der Waals surface area contributed by atoms with Crippen LogP contribution < -0.4 is 0 Å². The highest BCUT2D eigenvalue weighted by Crippen LogP contribution is 2.43. The number of carboxylic acid groups (broad SMARTS) is 1. The van der Waals surface area contributed by atoms with Gasteiger partial charge in [0.05, 0.1) is 18.4 Å². The first-order valence-electron chi connectivity index (χ1n) is 8.97. The number of benzene rings is 2. The van der Waals surface area contributed by atoms with Crippen molar-refractivity contribution in [1.29, 1.82) is 0 Å². The Morgan fingerprint density at radius 1 is 1.15 bits per heavy atom. The van der Waals surface area contributed by atoms with Crippen molar-refractivity contribution in [2.75, 3.05) is 6.61 Å². The maximum atomic E-state index is 12.2. The molecule has 0 aromatic heterocycles. The van der Waals surface area contributed by atoms with Gasteiger partial charge in [0.15, 0.2) is 0 Å². The third-order valence-corrected chi connectivity index (χ3v) is 4.85. The highest BCUT2D eigenvalue weighted by molar-refractivity contribution is 5.84. The van der Waals surface area contributed by atoms with E-state index in [2.05, 4.69) is 43.5 Å². The van der Waals surface area contributed by atoms with Crippen LogP contribution in [0.15, 0.2) is 55.6 Å². The Morgan fingerprint density at radius 2 is 1.85 bits per heavy atom. The van der Waals surface area contributed by atoms with Crippen LogP contribution in [0.25, 0.3) is 10.8 Å². The number of fused-ring (bicyclic) bond motifs is 1. The fraction of sp³-hybridized carbons (Fsp3) is 0.364. The molecule has 138 valence electrons. The fourth-order valence-corrected chi connectivity index (χ4v) is 3.54. The smallest absolute Gasteiger partial charge is 0.310 e. The van der Waals surface area contributed by atoms with Crippen LogP contribution in [0.1, 0.15) is 25.3 Å². The molecule has 26 heavy (non-hydrogen) atoms. The molecule has 0 heterocycles. The zero-order valence-electron chi connectivity index (χ0n) is 15.2. The van der Waals surface area contributed by atoms with Crippen LogP contribution in [0.5, 0.6) is 0 Å². The molecule has 2 aromatic rings. The molecule has 4 nitrogen and oxygen atoms in total. The summed E-state index contributed by atoms with van der Waals surface area (Å²) in [4.78, 5) is 23.6. The van der Waals surface area contributed by atoms with Gasteiger partial charge in [-0.15, -0.1) is 13.2 Å². The molecule has 0 aliphatic heterocycles. The van der Waals surface area contributed by atoms with Crippen LogP contribution in [0.3, 0.4) is 0 Å². The van der Waals surface area contributed by atoms with E-state index in [1.165, 1.54) is 5.39 Å². The first kappa shape index (κ1) is 19.7. The molecule has 0 amide bonds. The van der Waals surface area contributed by atoms with E-state index in [9.17, 15) is 14.7 Å². The number of aliphatic carboxylic acids is 1. The zero-order valence-corrected chi connectivity index (χ0v) is 15.2. The summed E-state index contributed by atoms with van der Waals surface area (Å²) in [6.45, 7) is 8.28. The Morgan fingerprint density at radius 3 is 2.50 bits per heavy atom. The minimum absolute atomic E-state index is 0.0385. The number of carbonyl (C=O) groups is 2. The van der Waals surface area contributed by atoms with Crippen molar-refractivity contribution in [2.45, 2.75) is 26.2 Å². The summed E-state index contributed by atoms with van der Waals surface area (Å²) in [5.74, 6) is -2.36. The zero-order chi connectivity index (χ0) is 19.1. The van der Waals surface area contributed by atoms with E-state index >= 15 is 0 Å². The van der Waals surface area contributed by atoms with Gasteiger partial charge in [0, 0.05) is 0 Å². The average Bonchev–Trinajstić information content (AvgIpc) is 2.64. The van der Waals surface area contributed by atoms with E-state index in [0.29, 0.717) is 19.4 Å². The summed E-state index contributed by atoms with van der Waals surface area (Å²) in [5.41, 5.74) is 1.14. The van der Waals surface area contributed by atoms with Crippen LogP contribution in [-0.4, -0.2) is 23.7 Å². The van der Waals surface area contributed by atoms with Gasteiger partial charge in [-0.05, 0) is 41.5 Å². The molecule has 2 aromatic carbocycles. The SMILES string of the molecule is C=C.CCCOC(=O)C1C(Cc2ccc3ccccc3c2)CC1C(=O)O. The van der Waals surface area contributed by atoms with Crippen LogP contribution in [-0.2, 0) is 20.7 Å². The Bertz CT molecular complexity index is 768. The molecule has 1 saturated carbocycles. The minimum Gasteiger partial charge on any atom is -0.481 e. The molecule has 1 N–H and O–H groups in total. The van der Waals surface area contributed by atoms with Crippen LogP contribution in [0, 0.1) is 17.8 Å². The first-order valence-corrected chi connectivity index (χ1v) is 8.97. The first-order chi connectivity index (χ1) is 12.6. The van der Waals surface area contributed by atoms with E-state index in [0.717, 1.165) is 17.4 Å². The third kappa shape index (κ3) is 4.31. The Labute approximate surface area is 154 Å². The number of hydrogen-bond donors (Lipinski definition) is 1. The molecule has 0 spiro atoms. The van der Waals surface area contributed by atoms with Gasteiger partial charge in [-0.3, -0.25) is 9.59 Å². The van der Waals surface area contributed by atoms with Crippen LogP contribution in [0.4, 0.5) is 0 Å². The molecule has 1 aliphatic rings. The van der Waals surface area contributed by atoms with Gasteiger partial charge in [0.1, 0.15) is 0 Å². The molecule has 3 unspecified atom stereocenters. The van der Waals surface area contributed by atoms with Gasteiger partial charge in [-0.1, -0.05) is 49.4 Å². The lowest BCUT2D eigenvalue weighted by Crippen LogP contribution is -2.47. The standard InChI is InChI=1S/C20H22O4.C2H4/c1-2-9-24-20(23)18-16(12-17(18)19(21)22)11-13-7-8-14-5-3-4-6-15(14)10-13;1-2/h3-8,10,16-18H,2,9,11-12H2,1H3,(H,21,22);1-2H2. The van der Waals surface area contributed by atoms with Crippen molar-refractivity contribution in [3.8, 4) is 0 Å². The predicted molar refractivity (Wildman–Crippen MR) is 103 cm³/mol. The van der Waals surface area contributed by atoms with Gasteiger partial charge >= 0.3 is 11.9 Å². The van der Waals surface area contributed by atoms with Crippen molar-refractivity contribution in [3.63, 3.8) is 0 Å². The topological polar surface area (TPSA) is 63.6 Å². The lowest BCUT2D eigenvalue weighted by atomic mass is 9.62. The highest BCUT2D eigenvalue weighted by atomic mass is 16.5. The monoisotopic (exact) mass is 354 g/mol. The molecular weight excluding hydrogens is 328 g/mol. The van der Waals surface area contributed by atoms with Crippen molar-refractivity contribution >= 4 is 22.7 Å². The minimum atomic E-state index is -0.900. The van der Waals surface area contributed by atoms with Crippen molar-refractivity contribution < 1.29 is 19.4 Å². The Balaban J connectivity index is 0.00000117. The van der Waals surface area contributed by atoms with Crippen molar-refractivity contribution in [1.82, 2.24) is 0 Å². The second kappa shape index (κ2) is 9.18. The average molecular weight is 354 g/mol. The van der Waals surface area contributed by atoms with Gasteiger partial charge in [-0.25, -0.2) is 0 Å². The normalized spacial score (nSPS) is 21.2. The molecule has 3 atom stereocenters. The number of carbonyl (C=O) groups excluding carboxylic acids is 1. The number of rotatable bonds is 6. The molecule has 0 saturated heterocycles. The maximum absolute atomic E-state index is 12.2. The molecular formula is C22H26O4. The molecule has 3 rings (SSSR count). The number of esters is 1. The van der Waals surface area contributed by atoms with Gasteiger partial charge in [0.25, 0.3) is 0 Å². The summed E-state index contributed by atoms with van der Waals surface area (Å²) in [5, 5.41) is 11.6. The van der Waals surface area contributed by atoms with Crippen molar-refractivity contribution in [3.05, 3.63) is 61.2 Å². The number of ether oxygens (including phenoxy) is 1. The maximum Gasteiger partial charge on any atom is 0.310 e. The van der Waals surface area contributed by atoms with Gasteiger partial charge < -0.3 is 9.84 Å². The summed E-state index contributed by atoms with van der Waals surface area (Å²) >= 11 is 0. The Kier molecular flexibility index (Phi) is 6.96. The van der Waals surface area contributed by atoms with Crippen LogP contribution >= 0.6 is 0 Å². The lowest BCUT2D eigenvalue weighted by Gasteiger charge is -2.40. The molecule has 0 radical (unpaired) electrons. The summed E-state index contributed by atoms with van der Waals surface area (Å²) < 4.78 is 5.21. The van der Waals surface area contributed by atoms with E-state index in [1.807, 2.05) is 19.1 Å². The number of hydrogen-bond acceptors (Lipinski definition) is 3. The fourth-order valence-electron chi connectivity index (χ4n) is 3.54.